The van der Waals surface area contributed by atoms with E-state index in [9.17, 15) is 0 Å². The molecule has 0 rings (SSSR count). The molecule has 0 radical (unpaired) electrons. The molecule has 9 heavy (non-hydrogen) atoms. The number of allylic oxidation sites excluding steroid dienone is 4. The average Bonchev–Trinajstić information content (AvgIpc) is 1.87. The van der Waals surface area contributed by atoms with Gasteiger partial charge >= 0.3 is 0 Å². The van der Waals surface area contributed by atoms with Gasteiger partial charge in [-0.15, -0.1) is 0 Å². The molecule has 0 aliphatic heterocycles. The molecule has 0 heteroatoms. The third-order valence-corrected chi connectivity index (χ3v) is 1.24. The van der Waals surface area contributed by atoms with Crippen molar-refractivity contribution >= 4 is 0 Å². The van der Waals surface area contributed by atoms with Crippen molar-refractivity contribution in [2.45, 2.75) is 33.6 Å². The summed E-state index contributed by atoms with van der Waals surface area (Å²) < 4.78 is 7.16. The Morgan fingerprint density at radius 1 is 1.56 bits per heavy atom. The highest BCUT2D eigenvalue weighted by Crippen LogP contribution is 1.97. The third-order valence-electron chi connectivity index (χ3n) is 1.24. The second-order valence-corrected chi connectivity index (χ2v) is 2.08. The number of hydrogen-bond acceptors (Lipinski definition) is 0. The molecular weight excluding hydrogens is 108 g/mol. The van der Waals surface area contributed by atoms with E-state index in [4.69, 9.17) is 1.37 Å². The molecule has 0 heterocycles. The van der Waals surface area contributed by atoms with Crippen LogP contribution in [0.15, 0.2) is 23.8 Å². The lowest BCUT2D eigenvalue weighted by Gasteiger charge is -1.87. The second-order valence-electron chi connectivity index (χ2n) is 2.08. The molecule has 0 unspecified atom stereocenters. The summed E-state index contributed by atoms with van der Waals surface area (Å²) in [6.07, 6.45) is 6.90. The van der Waals surface area contributed by atoms with Crippen molar-refractivity contribution in [3.05, 3.63) is 23.8 Å². The van der Waals surface area contributed by atoms with Gasteiger partial charge in [-0.25, -0.2) is 0 Å². The van der Waals surface area contributed by atoms with E-state index in [2.05, 4.69) is 19.9 Å². The SMILES string of the molecule is [2H][C@@H](C)/C=C/C=C(\C)CC. The Labute approximate surface area is 59.7 Å². The van der Waals surface area contributed by atoms with Crippen LogP contribution in [0.2, 0.25) is 0 Å². The molecule has 0 aromatic heterocycles. The van der Waals surface area contributed by atoms with E-state index in [1.165, 1.54) is 5.57 Å². The van der Waals surface area contributed by atoms with Crippen molar-refractivity contribution in [3.8, 4) is 0 Å². The van der Waals surface area contributed by atoms with Crippen molar-refractivity contribution in [2.24, 2.45) is 0 Å². The monoisotopic (exact) mass is 125 g/mol. The molecule has 0 bridgehead atoms. The molecule has 1 atom stereocenters. The second kappa shape index (κ2) is 5.61. The Hall–Kier alpha value is -0.520. The molecule has 0 aromatic rings. The molecular formula is C9H16. The summed E-state index contributed by atoms with van der Waals surface area (Å²) in [6.45, 7) is 6.08. The molecule has 0 nitrogen and oxygen atoms in total. The zero-order valence-corrected chi connectivity index (χ0v) is 6.52. The number of hydrogen-bond donors (Lipinski definition) is 0. The van der Waals surface area contributed by atoms with Gasteiger partial charge in [-0.3, -0.25) is 0 Å². The van der Waals surface area contributed by atoms with Gasteiger partial charge in [0.1, 0.15) is 0 Å². The average molecular weight is 125 g/mol. The van der Waals surface area contributed by atoms with E-state index in [-0.39, 0.29) is 6.40 Å². The smallest absolute Gasteiger partial charge is 0.0307 e. The minimum absolute atomic E-state index is 0.0825. The maximum absolute atomic E-state index is 7.16. The lowest BCUT2D eigenvalue weighted by molar-refractivity contribution is 1.10. The standard InChI is InChI=1S/C9H16/c1-4-6-7-8-9(3)5-2/h6-8H,4-5H2,1-3H3/b7-6+,9-8+/i4D/t4-/m0/s1. The third kappa shape index (κ3) is 5.35. The molecule has 52 valence electrons. The van der Waals surface area contributed by atoms with E-state index in [0.717, 1.165) is 6.42 Å². The fourth-order valence-electron chi connectivity index (χ4n) is 0.449. The molecule has 0 N–H and O–H groups in total. The van der Waals surface area contributed by atoms with Gasteiger partial charge in [0, 0.05) is 1.37 Å². The van der Waals surface area contributed by atoms with Gasteiger partial charge in [0.15, 0.2) is 0 Å². The Morgan fingerprint density at radius 3 is 2.67 bits per heavy atom. The first-order valence-electron chi connectivity index (χ1n) is 4.00. The normalized spacial score (nSPS) is 18.1. The van der Waals surface area contributed by atoms with Crippen LogP contribution in [0.3, 0.4) is 0 Å². The fraction of sp³-hybridized carbons (Fsp3) is 0.556. The van der Waals surface area contributed by atoms with Crippen LogP contribution in [0.25, 0.3) is 0 Å². The van der Waals surface area contributed by atoms with Gasteiger partial charge < -0.3 is 0 Å². The van der Waals surface area contributed by atoms with Crippen molar-refractivity contribution in [1.29, 1.82) is 0 Å². The number of rotatable bonds is 3. The Kier molecular flexibility index (Phi) is 4.12. The summed E-state index contributed by atoms with van der Waals surface area (Å²) in [7, 11) is 0. The topological polar surface area (TPSA) is 0 Å². The fourth-order valence-corrected chi connectivity index (χ4v) is 0.449. The Balaban J connectivity index is 3.70. The summed E-state index contributed by atoms with van der Waals surface area (Å²) in [5, 5.41) is 0. The van der Waals surface area contributed by atoms with Gasteiger partial charge in [-0.05, 0) is 19.7 Å². The van der Waals surface area contributed by atoms with Gasteiger partial charge in [-0.2, -0.15) is 0 Å². The van der Waals surface area contributed by atoms with Crippen LogP contribution in [0.4, 0.5) is 0 Å². The van der Waals surface area contributed by atoms with Crippen LogP contribution >= 0.6 is 0 Å². The van der Waals surface area contributed by atoms with E-state index in [1.807, 2.05) is 19.1 Å². The van der Waals surface area contributed by atoms with Crippen molar-refractivity contribution < 1.29 is 1.37 Å². The molecule has 0 fully saturated rings. The zero-order valence-electron chi connectivity index (χ0n) is 7.52. The molecule has 0 spiro atoms. The minimum Gasteiger partial charge on any atom is -0.0848 e. The summed E-state index contributed by atoms with van der Waals surface area (Å²) in [5.74, 6) is 0. The lowest BCUT2D eigenvalue weighted by atomic mass is 10.2. The molecule has 0 amide bonds. The van der Waals surface area contributed by atoms with Crippen LogP contribution in [-0.2, 0) is 0 Å². The maximum atomic E-state index is 7.16. The lowest BCUT2D eigenvalue weighted by Crippen LogP contribution is -1.66. The first-order chi connectivity index (χ1) is 4.66. The first-order valence-corrected chi connectivity index (χ1v) is 3.43. The maximum Gasteiger partial charge on any atom is 0.0307 e. The van der Waals surface area contributed by atoms with Gasteiger partial charge in [0.2, 0.25) is 0 Å². The van der Waals surface area contributed by atoms with Crippen LogP contribution in [0, 0.1) is 0 Å². The molecule has 0 saturated heterocycles. The van der Waals surface area contributed by atoms with Gasteiger partial charge in [-0.1, -0.05) is 37.6 Å². The highest BCUT2D eigenvalue weighted by atomic mass is 13.8. The van der Waals surface area contributed by atoms with E-state index in [0.29, 0.717) is 0 Å². The van der Waals surface area contributed by atoms with Crippen LogP contribution in [0.1, 0.15) is 35.0 Å². The Morgan fingerprint density at radius 2 is 2.22 bits per heavy atom. The van der Waals surface area contributed by atoms with E-state index in [1.54, 1.807) is 0 Å². The minimum atomic E-state index is -0.0825. The zero-order chi connectivity index (χ0) is 7.98. The first kappa shape index (κ1) is 6.60. The van der Waals surface area contributed by atoms with E-state index >= 15 is 0 Å². The molecule has 0 aliphatic rings. The largest absolute Gasteiger partial charge is 0.0848 e. The summed E-state index contributed by atoms with van der Waals surface area (Å²) in [4.78, 5) is 0. The van der Waals surface area contributed by atoms with Crippen molar-refractivity contribution in [2.75, 3.05) is 0 Å². The van der Waals surface area contributed by atoms with Crippen molar-refractivity contribution in [1.82, 2.24) is 0 Å². The Bertz CT molecular complexity index is 132. The quantitative estimate of drug-likeness (QED) is 0.508. The highest BCUT2D eigenvalue weighted by Gasteiger charge is 1.76. The van der Waals surface area contributed by atoms with E-state index < -0.39 is 0 Å². The summed E-state index contributed by atoms with van der Waals surface area (Å²) >= 11 is 0. The van der Waals surface area contributed by atoms with Gasteiger partial charge in [0.05, 0.1) is 0 Å². The predicted molar refractivity (Wildman–Crippen MR) is 43.5 cm³/mol. The summed E-state index contributed by atoms with van der Waals surface area (Å²) in [6, 6.07) is 0. The molecule has 0 saturated carbocycles. The van der Waals surface area contributed by atoms with Crippen LogP contribution in [0.5, 0.6) is 0 Å². The molecule has 0 aliphatic carbocycles. The summed E-state index contributed by atoms with van der Waals surface area (Å²) in [5.41, 5.74) is 1.36. The van der Waals surface area contributed by atoms with Crippen LogP contribution < -0.4 is 0 Å². The van der Waals surface area contributed by atoms with Crippen molar-refractivity contribution in [3.63, 3.8) is 0 Å². The van der Waals surface area contributed by atoms with Crippen LogP contribution in [-0.4, -0.2) is 0 Å². The predicted octanol–water partition coefficient (Wildman–Crippen LogP) is 3.31. The highest BCUT2D eigenvalue weighted by molar-refractivity contribution is 5.09. The molecule has 0 aromatic carbocycles. The van der Waals surface area contributed by atoms with Gasteiger partial charge in [0.25, 0.3) is 0 Å².